The molecule has 0 saturated carbocycles. The smallest absolute Gasteiger partial charge is 0.213 e. The molecular weight excluding hydrogens is 212 g/mol. The Labute approximate surface area is 94.1 Å². The summed E-state index contributed by atoms with van der Waals surface area (Å²) in [4.78, 5) is 2.06. The molecule has 0 aromatic heterocycles. The van der Waals surface area contributed by atoms with Crippen LogP contribution in [0.2, 0.25) is 0 Å². The van der Waals surface area contributed by atoms with E-state index < -0.39 is 10.0 Å². The first-order valence-electron chi connectivity index (χ1n) is 5.20. The average molecular weight is 236 g/mol. The second kappa shape index (κ2) is 5.27. The van der Waals surface area contributed by atoms with Crippen molar-refractivity contribution < 1.29 is 8.42 Å². The Morgan fingerprint density at radius 2 is 1.73 bits per heavy atom. The van der Waals surface area contributed by atoms with Gasteiger partial charge in [0, 0.05) is 13.1 Å². The summed E-state index contributed by atoms with van der Waals surface area (Å²) in [5.41, 5.74) is -0.0501. The molecule has 15 heavy (non-hydrogen) atoms. The molecule has 0 bridgehead atoms. The monoisotopic (exact) mass is 236 g/mol. The van der Waals surface area contributed by atoms with E-state index in [1.807, 2.05) is 14.1 Å². The van der Waals surface area contributed by atoms with Crippen LogP contribution in [0.5, 0.6) is 0 Å². The lowest BCUT2D eigenvalue weighted by molar-refractivity contribution is 0.242. The summed E-state index contributed by atoms with van der Waals surface area (Å²) >= 11 is 0. The first kappa shape index (κ1) is 14.9. The van der Waals surface area contributed by atoms with Gasteiger partial charge in [-0.2, -0.15) is 0 Å². The Morgan fingerprint density at radius 3 is 2.07 bits per heavy atom. The Morgan fingerprint density at radius 1 is 1.27 bits per heavy atom. The summed E-state index contributed by atoms with van der Waals surface area (Å²) in [6.07, 6.45) is 0. The summed E-state index contributed by atoms with van der Waals surface area (Å²) in [5.74, 6) is 0. The predicted octanol–water partition coefficient (Wildman–Crippen LogP) is 0.902. The second-order valence-corrected chi connectivity index (χ2v) is 7.64. The van der Waals surface area contributed by atoms with E-state index in [2.05, 4.69) is 23.5 Å². The third-order valence-electron chi connectivity index (χ3n) is 2.12. The lowest BCUT2D eigenvalue weighted by Gasteiger charge is -2.28. The number of hydrogen-bond acceptors (Lipinski definition) is 3. The fraction of sp³-hybridized carbons (Fsp3) is 1.00. The molecule has 0 fully saturated rings. The summed E-state index contributed by atoms with van der Waals surface area (Å²) in [5, 5.41) is -0.368. The zero-order valence-electron chi connectivity index (χ0n) is 10.7. The highest BCUT2D eigenvalue weighted by Gasteiger charge is 2.23. The summed E-state index contributed by atoms with van der Waals surface area (Å²) < 4.78 is 25.7. The van der Waals surface area contributed by atoms with Crippen LogP contribution in [-0.2, 0) is 10.0 Å². The highest BCUT2D eigenvalue weighted by Crippen LogP contribution is 2.15. The van der Waals surface area contributed by atoms with Crippen molar-refractivity contribution in [1.82, 2.24) is 9.62 Å². The molecule has 0 aliphatic carbocycles. The van der Waals surface area contributed by atoms with E-state index in [0.717, 1.165) is 6.54 Å². The molecule has 0 rings (SSSR count). The van der Waals surface area contributed by atoms with E-state index in [9.17, 15) is 8.42 Å². The van der Waals surface area contributed by atoms with Gasteiger partial charge in [-0.25, -0.2) is 13.1 Å². The van der Waals surface area contributed by atoms with E-state index in [1.165, 1.54) is 0 Å². The first-order chi connectivity index (χ1) is 6.57. The van der Waals surface area contributed by atoms with Gasteiger partial charge in [-0.1, -0.05) is 13.8 Å². The lowest BCUT2D eigenvalue weighted by atomic mass is 9.93. The van der Waals surface area contributed by atoms with Gasteiger partial charge in [-0.05, 0) is 33.4 Å². The Kier molecular flexibility index (Phi) is 5.23. The van der Waals surface area contributed by atoms with Crippen molar-refractivity contribution in [2.75, 3.05) is 27.2 Å². The van der Waals surface area contributed by atoms with Crippen molar-refractivity contribution in [1.29, 1.82) is 0 Å². The molecule has 0 heterocycles. The van der Waals surface area contributed by atoms with E-state index >= 15 is 0 Å². The third-order valence-corrected chi connectivity index (χ3v) is 3.90. The minimum absolute atomic E-state index is 0.0501. The van der Waals surface area contributed by atoms with Gasteiger partial charge in [0.1, 0.15) is 0 Å². The molecule has 0 unspecified atom stereocenters. The average Bonchev–Trinajstić information content (AvgIpc) is 1.98. The number of nitrogens with zero attached hydrogens (tertiary/aromatic N) is 1. The van der Waals surface area contributed by atoms with Crippen molar-refractivity contribution in [3.05, 3.63) is 0 Å². The highest BCUT2D eigenvalue weighted by atomic mass is 32.2. The summed E-state index contributed by atoms with van der Waals surface area (Å²) in [7, 11) is 0.834. The minimum atomic E-state index is -3.14. The van der Waals surface area contributed by atoms with Crippen LogP contribution < -0.4 is 4.72 Å². The van der Waals surface area contributed by atoms with Crippen LogP contribution in [0.25, 0.3) is 0 Å². The van der Waals surface area contributed by atoms with Crippen LogP contribution in [0.15, 0.2) is 0 Å². The van der Waals surface area contributed by atoms with Gasteiger partial charge >= 0.3 is 0 Å². The van der Waals surface area contributed by atoms with Crippen LogP contribution in [0.4, 0.5) is 0 Å². The van der Waals surface area contributed by atoms with E-state index in [4.69, 9.17) is 0 Å². The quantitative estimate of drug-likeness (QED) is 0.745. The lowest BCUT2D eigenvalue weighted by Crippen LogP contribution is -2.42. The number of sulfonamides is 1. The van der Waals surface area contributed by atoms with Crippen LogP contribution >= 0.6 is 0 Å². The van der Waals surface area contributed by atoms with E-state index in [-0.39, 0.29) is 10.7 Å². The fourth-order valence-electron chi connectivity index (χ4n) is 1.37. The van der Waals surface area contributed by atoms with Crippen LogP contribution in [0.1, 0.15) is 27.7 Å². The Hall–Kier alpha value is -0.130. The maximum absolute atomic E-state index is 11.5. The van der Waals surface area contributed by atoms with Crippen LogP contribution in [0.3, 0.4) is 0 Å². The second-order valence-electron chi connectivity index (χ2n) is 5.32. The van der Waals surface area contributed by atoms with Crippen molar-refractivity contribution in [3.8, 4) is 0 Å². The van der Waals surface area contributed by atoms with Gasteiger partial charge in [0.25, 0.3) is 0 Å². The molecule has 0 aliphatic heterocycles. The van der Waals surface area contributed by atoms with Gasteiger partial charge in [-0.3, -0.25) is 0 Å². The van der Waals surface area contributed by atoms with Gasteiger partial charge in [0.2, 0.25) is 10.0 Å². The van der Waals surface area contributed by atoms with Crippen molar-refractivity contribution >= 4 is 10.0 Å². The fourth-order valence-corrected chi connectivity index (χ4v) is 2.30. The first-order valence-corrected chi connectivity index (χ1v) is 6.75. The number of rotatable bonds is 6. The number of hydrogen-bond donors (Lipinski definition) is 1. The van der Waals surface area contributed by atoms with Gasteiger partial charge in [0.15, 0.2) is 0 Å². The predicted molar refractivity (Wildman–Crippen MR) is 64.4 cm³/mol. The van der Waals surface area contributed by atoms with E-state index in [1.54, 1.807) is 13.8 Å². The van der Waals surface area contributed by atoms with Gasteiger partial charge in [-0.15, -0.1) is 0 Å². The van der Waals surface area contributed by atoms with Crippen molar-refractivity contribution in [2.45, 2.75) is 32.9 Å². The normalized spacial score (nSPS) is 13.9. The zero-order valence-corrected chi connectivity index (χ0v) is 11.5. The minimum Gasteiger partial charge on any atom is -0.309 e. The molecule has 0 radical (unpaired) electrons. The molecule has 0 spiro atoms. The molecular formula is C10H24N2O2S. The topological polar surface area (TPSA) is 49.4 Å². The van der Waals surface area contributed by atoms with Gasteiger partial charge < -0.3 is 4.90 Å². The standard InChI is InChI=1S/C10H24N2O2S/c1-9(2)15(13,14)11-7-10(3,4)8-12(5)6/h9,11H,7-8H2,1-6H3. The summed E-state index contributed by atoms with van der Waals surface area (Å²) in [6, 6.07) is 0. The molecule has 4 nitrogen and oxygen atoms in total. The molecule has 92 valence electrons. The third kappa shape index (κ3) is 6.12. The van der Waals surface area contributed by atoms with Gasteiger partial charge in [0.05, 0.1) is 5.25 Å². The Balaban J connectivity index is 4.27. The molecule has 0 aromatic carbocycles. The van der Waals surface area contributed by atoms with Crippen molar-refractivity contribution in [2.24, 2.45) is 5.41 Å². The maximum Gasteiger partial charge on any atom is 0.213 e. The zero-order chi connectivity index (χ0) is 12.3. The molecule has 0 aliphatic rings. The van der Waals surface area contributed by atoms with Crippen LogP contribution in [0, 0.1) is 5.41 Å². The van der Waals surface area contributed by atoms with Crippen molar-refractivity contribution in [3.63, 3.8) is 0 Å². The maximum atomic E-state index is 11.5. The molecule has 0 amide bonds. The molecule has 5 heteroatoms. The molecule has 0 atom stereocenters. The SMILES string of the molecule is CC(C)S(=O)(=O)NCC(C)(C)CN(C)C. The Bertz CT molecular complexity index is 282. The number of nitrogens with one attached hydrogen (secondary N) is 1. The van der Waals surface area contributed by atoms with E-state index in [0.29, 0.717) is 6.54 Å². The highest BCUT2D eigenvalue weighted by molar-refractivity contribution is 7.90. The largest absolute Gasteiger partial charge is 0.309 e. The summed E-state index contributed by atoms with van der Waals surface area (Å²) in [6.45, 7) is 8.80. The molecule has 1 N–H and O–H groups in total. The molecule has 0 saturated heterocycles. The molecule has 0 aromatic rings. The van der Waals surface area contributed by atoms with Crippen LogP contribution in [-0.4, -0.2) is 45.8 Å².